The SMILES string of the molecule is CNC(CC1CCS(=O)(=O)C1)c1c(C)cnn1C. The Morgan fingerprint density at radius 1 is 1.61 bits per heavy atom. The Hall–Kier alpha value is -0.880. The van der Waals surface area contributed by atoms with Crippen LogP contribution in [0, 0.1) is 12.8 Å². The van der Waals surface area contributed by atoms with Gasteiger partial charge in [0.2, 0.25) is 0 Å². The maximum atomic E-state index is 11.5. The minimum absolute atomic E-state index is 0.177. The molecule has 0 radical (unpaired) electrons. The fraction of sp³-hybridized carbons (Fsp3) is 0.750. The van der Waals surface area contributed by atoms with Crippen LogP contribution in [-0.4, -0.2) is 36.8 Å². The lowest BCUT2D eigenvalue weighted by Gasteiger charge is -2.20. The van der Waals surface area contributed by atoms with Crippen LogP contribution >= 0.6 is 0 Å². The van der Waals surface area contributed by atoms with E-state index in [0.29, 0.717) is 11.5 Å². The van der Waals surface area contributed by atoms with E-state index in [0.717, 1.165) is 24.1 Å². The molecule has 0 aromatic carbocycles. The van der Waals surface area contributed by atoms with Crippen LogP contribution in [-0.2, 0) is 16.9 Å². The van der Waals surface area contributed by atoms with Crippen molar-refractivity contribution in [3.05, 3.63) is 17.5 Å². The smallest absolute Gasteiger partial charge is 0.150 e. The average molecular weight is 271 g/mol. The number of hydrogen-bond donors (Lipinski definition) is 1. The molecule has 5 nitrogen and oxygen atoms in total. The van der Waals surface area contributed by atoms with E-state index in [-0.39, 0.29) is 12.0 Å². The standard InChI is InChI=1S/C12H21N3O2S/c1-9-7-14-15(3)12(9)11(13-2)6-10-4-5-18(16,17)8-10/h7,10-11,13H,4-6,8H2,1-3H3. The molecule has 2 atom stereocenters. The minimum atomic E-state index is -2.79. The van der Waals surface area contributed by atoms with Crippen molar-refractivity contribution in [3.8, 4) is 0 Å². The van der Waals surface area contributed by atoms with Gasteiger partial charge in [-0.05, 0) is 38.3 Å². The summed E-state index contributed by atoms with van der Waals surface area (Å²) in [6.07, 6.45) is 3.50. The molecule has 0 amide bonds. The molecule has 6 heteroatoms. The summed E-state index contributed by atoms with van der Waals surface area (Å²) in [5.74, 6) is 0.947. The van der Waals surface area contributed by atoms with Gasteiger partial charge in [-0.25, -0.2) is 8.42 Å². The molecule has 0 saturated carbocycles. The molecule has 1 saturated heterocycles. The first kappa shape index (κ1) is 13.5. The van der Waals surface area contributed by atoms with Crippen molar-refractivity contribution in [2.75, 3.05) is 18.6 Å². The average Bonchev–Trinajstić information content (AvgIpc) is 2.80. The van der Waals surface area contributed by atoms with Crippen LogP contribution in [0.2, 0.25) is 0 Å². The van der Waals surface area contributed by atoms with Crippen LogP contribution in [0.3, 0.4) is 0 Å². The second-order valence-corrected chi connectivity index (χ2v) is 7.41. The monoisotopic (exact) mass is 271 g/mol. The Kier molecular flexibility index (Phi) is 3.77. The Bertz CT molecular complexity index is 502. The summed E-state index contributed by atoms with van der Waals surface area (Å²) in [5, 5.41) is 7.53. The van der Waals surface area contributed by atoms with Gasteiger partial charge in [0.15, 0.2) is 9.84 Å². The first-order valence-electron chi connectivity index (χ1n) is 6.29. The summed E-state index contributed by atoms with van der Waals surface area (Å²) in [5.41, 5.74) is 2.31. The van der Waals surface area contributed by atoms with E-state index in [1.165, 1.54) is 0 Å². The van der Waals surface area contributed by atoms with E-state index < -0.39 is 9.84 Å². The molecular weight excluding hydrogens is 250 g/mol. The van der Waals surface area contributed by atoms with Gasteiger partial charge in [-0.3, -0.25) is 4.68 Å². The van der Waals surface area contributed by atoms with Gasteiger partial charge in [-0.15, -0.1) is 0 Å². The molecule has 2 heterocycles. The first-order chi connectivity index (χ1) is 8.43. The van der Waals surface area contributed by atoms with Crippen LogP contribution in [0.4, 0.5) is 0 Å². The lowest BCUT2D eigenvalue weighted by atomic mass is 9.96. The number of hydrogen-bond acceptors (Lipinski definition) is 4. The highest BCUT2D eigenvalue weighted by Crippen LogP contribution is 2.29. The Labute approximate surface area is 108 Å². The summed E-state index contributed by atoms with van der Waals surface area (Å²) in [4.78, 5) is 0. The van der Waals surface area contributed by atoms with Crippen LogP contribution < -0.4 is 5.32 Å². The molecule has 0 aliphatic carbocycles. The minimum Gasteiger partial charge on any atom is -0.312 e. The number of nitrogens with zero attached hydrogens (tertiary/aromatic N) is 2. The van der Waals surface area contributed by atoms with Crippen LogP contribution in [0.15, 0.2) is 6.20 Å². The molecule has 18 heavy (non-hydrogen) atoms. The number of sulfone groups is 1. The van der Waals surface area contributed by atoms with Gasteiger partial charge >= 0.3 is 0 Å². The summed E-state index contributed by atoms with van der Waals surface area (Å²) in [7, 11) is 1.06. The van der Waals surface area contributed by atoms with Crippen molar-refractivity contribution in [3.63, 3.8) is 0 Å². The third-order valence-electron chi connectivity index (χ3n) is 3.75. The van der Waals surface area contributed by atoms with Crippen molar-refractivity contribution >= 4 is 9.84 Å². The molecule has 0 spiro atoms. The molecule has 1 aliphatic rings. The maximum Gasteiger partial charge on any atom is 0.150 e. The zero-order chi connectivity index (χ0) is 13.3. The Morgan fingerprint density at radius 3 is 2.78 bits per heavy atom. The fourth-order valence-corrected chi connectivity index (χ4v) is 4.69. The van der Waals surface area contributed by atoms with Gasteiger partial charge < -0.3 is 5.32 Å². The topological polar surface area (TPSA) is 64.0 Å². The van der Waals surface area contributed by atoms with Gasteiger partial charge in [-0.1, -0.05) is 0 Å². The zero-order valence-electron chi connectivity index (χ0n) is 11.2. The van der Waals surface area contributed by atoms with Crippen molar-refractivity contribution in [1.29, 1.82) is 0 Å². The fourth-order valence-electron chi connectivity index (χ4n) is 2.81. The van der Waals surface area contributed by atoms with Crippen molar-refractivity contribution in [1.82, 2.24) is 15.1 Å². The number of rotatable bonds is 4. The van der Waals surface area contributed by atoms with E-state index in [1.807, 2.05) is 31.9 Å². The van der Waals surface area contributed by atoms with E-state index >= 15 is 0 Å². The van der Waals surface area contributed by atoms with Crippen LogP contribution in [0.5, 0.6) is 0 Å². The number of aromatic nitrogens is 2. The number of nitrogens with one attached hydrogen (secondary N) is 1. The third kappa shape index (κ3) is 2.75. The molecule has 1 fully saturated rings. The molecule has 1 aliphatic heterocycles. The normalized spacial score (nSPS) is 24.3. The maximum absolute atomic E-state index is 11.5. The summed E-state index contributed by atoms with van der Waals surface area (Å²) < 4.78 is 24.9. The zero-order valence-corrected chi connectivity index (χ0v) is 12.0. The molecule has 1 aromatic rings. The summed E-state index contributed by atoms with van der Waals surface area (Å²) >= 11 is 0. The molecule has 0 bridgehead atoms. The van der Waals surface area contributed by atoms with Gasteiger partial charge in [-0.2, -0.15) is 5.10 Å². The first-order valence-corrected chi connectivity index (χ1v) is 8.11. The van der Waals surface area contributed by atoms with E-state index in [1.54, 1.807) is 0 Å². The Morgan fingerprint density at radius 2 is 2.33 bits per heavy atom. The second-order valence-electron chi connectivity index (χ2n) is 5.18. The van der Waals surface area contributed by atoms with E-state index in [2.05, 4.69) is 10.4 Å². The summed E-state index contributed by atoms with van der Waals surface area (Å²) in [6, 6.07) is 0.177. The predicted molar refractivity (Wildman–Crippen MR) is 71.1 cm³/mol. The predicted octanol–water partition coefficient (Wildman–Crippen LogP) is 0.814. The number of aryl methyl sites for hydroxylation is 2. The van der Waals surface area contributed by atoms with Gasteiger partial charge in [0.05, 0.1) is 23.4 Å². The highest BCUT2D eigenvalue weighted by molar-refractivity contribution is 7.91. The van der Waals surface area contributed by atoms with Crippen molar-refractivity contribution in [2.24, 2.45) is 13.0 Å². The highest BCUT2D eigenvalue weighted by Gasteiger charge is 2.30. The second kappa shape index (κ2) is 5.01. The summed E-state index contributed by atoms with van der Waals surface area (Å²) in [6.45, 7) is 2.04. The van der Waals surface area contributed by atoms with Gasteiger partial charge in [0, 0.05) is 13.1 Å². The van der Waals surface area contributed by atoms with E-state index in [9.17, 15) is 8.42 Å². The van der Waals surface area contributed by atoms with Crippen molar-refractivity contribution in [2.45, 2.75) is 25.8 Å². The quantitative estimate of drug-likeness (QED) is 0.880. The molecule has 2 unspecified atom stereocenters. The molecular formula is C12H21N3O2S. The molecule has 1 N–H and O–H groups in total. The lowest BCUT2D eigenvalue weighted by molar-refractivity contribution is 0.417. The molecule has 2 rings (SSSR count). The third-order valence-corrected chi connectivity index (χ3v) is 5.59. The highest BCUT2D eigenvalue weighted by atomic mass is 32.2. The molecule has 1 aromatic heterocycles. The van der Waals surface area contributed by atoms with Crippen molar-refractivity contribution < 1.29 is 8.42 Å². The largest absolute Gasteiger partial charge is 0.312 e. The van der Waals surface area contributed by atoms with Crippen LogP contribution in [0.1, 0.15) is 30.1 Å². The Balaban J connectivity index is 2.12. The van der Waals surface area contributed by atoms with Gasteiger partial charge in [0.1, 0.15) is 0 Å². The van der Waals surface area contributed by atoms with Crippen LogP contribution in [0.25, 0.3) is 0 Å². The van der Waals surface area contributed by atoms with Gasteiger partial charge in [0.25, 0.3) is 0 Å². The lowest BCUT2D eigenvalue weighted by Crippen LogP contribution is -2.23. The molecule has 102 valence electrons. The van der Waals surface area contributed by atoms with E-state index in [4.69, 9.17) is 0 Å².